The number of carboxylic acids is 1. The summed E-state index contributed by atoms with van der Waals surface area (Å²) in [6, 6.07) is 4.29. The van der Waals surface area contributed by atoms with Gasteiger partial charge in [-0.2, -0.15) is 0 Å². The van der Waals surface area contributed by atoms with Crippen LogP contribution in [0.1, 0.15) is 69.4 Å². The van der Waals surface area contributed by atoms with Crippen molar-refractivity contribution in [3.63, 3.8) is 0 Å². The van der Waals surface area contributed by atoms with E-state index in [-0.39, 0.29) is 6.42 Å². The molecule has 4 nitrogen and oxygen atoms in total. The summed E-state index contributed by atoms with van der Waals surface area (Å²) in [5.74, 6) is 0.585. The van der Waals surface area contributed by atoms with E-state index in [1.807, 2.05) is 0 Å². The molecular formula is C22H32N2O2S3. The van der Waals surface area contributed by atoms with Gasteiger partial charge < -0.3 is 10.0 Å². The Morgan fingerprint density at radius 2 is 2.00 bits per heavy atom. The zero-order chi connectivity index (χ0) is 21.0. The summed E-state index contributed by atoms with van der Waals surface area (Å²) in [4.78, 5) is 19.5. The molecule has 0 saturated heterocycles. The molecule has 0 amide bonds. The van der Waals surface area contributed by atoms with Gasteiger partial charge in [-0.05, 0) is 55.4 Å². The van der Waals surface area contributed by atoms with Gasteiger partial charge in [-0.15, -0.1) is 34.4 Å². The summed E-state index contributed by atoms with van der Waals surface area (Å²) in [6.07, 6.45) is 7.18. The third-order valence-electron chi connectivity index (χ3n) is 5.93. The van der Waals surface area contributed by atoms with Gasteiger partial charge in [0.15, 0.2) is 5.13 Å². The number of hydrogen-bond donors (Lipinski definition) is 1. The van der Waals surface area contributed by atoms with Crippen LogP contribution in [0.3, 0.4) is 0 Å². The fourth-order valence-corrected chi connectivity index (χ4v) is 6.62. The van der Waals surface area contributed by atoms with Gasteiger partial charge in [0.2, 0.25) is 0 Å². The fourth-order valence-electron chi connectivity index (χ4n) is 4.08. The van der Waals surface area contributed by atoms with Gasteiger partial charge >= 0.3 is 5.97 Å². The standard InChI is InChI=1S/C22H32N2O2S3/c1-22(2,3)16-7-5-15(6-8-16)18-14-28-21(23-18)24(12-11-19(25)26)13-17-9-10-20(27-4)29-17/h9-10,14-16H,5-8,11-13H2,1-4H3,(H,25,26). The Labute approximate surface area is 186 Å². The summed E-state index contributed by atoms with van der Waals surface area (Å²) in [7, 11) is 0. The van der Waals surface area contributed by atoms with E-state index in [0.717, 1.165) is 17.6 Å². The van der Waals surface area contributed by atoms with Crippen molar-refractivity contribution < 1.29 is 9.90 Å². The minimum atomic E-state index is -0.761. The van der Waals surface area contributed by atoms with Crippen LogP contribution in [0.5, 0.6) is 0 Å². The van der Waals surface area contributed by atoms with Crippen molar-refractivity contribution >= 4 is 45.5 Å². The van der Waals surface area contributed by atoms with Crippen LogP contribution < -0.4 is 4.90 Å². The average molecular weight is 453 g/mol. The Morgan fingerprint density at radius 1 is 1.28 bits per heavy atom. The highest BCUT2D eigenvalue weighted by atomic mass is 32.2. The molecule has 7 heteroatoms. The first kappa shape index (κ1) is 22.6. The Hall–Kier alpha value is -1.05. The first-order valence-electron chi connectivity index (χ1n) is 10.3. The number of thioether (sulfide) groups is 1. The van der Waals surface area contributed by atoms with Crippen LogP contribution in [0.25, 0.3) is 0 Å². The molecule has 160 valence electrons. The van der Waals surface area contributed by atoms with E-state index < -0.39 is 5.97 Å². The zero-order valence-electron chi connectivity index (χ0n) is 17.8. The van der Waals surface area contributed by atoms with Crippen LogP contribution in [0, 0.1) is 11.3 Å². The molecule has 0 atom stereocenters. The lowest BCUT2D eigenvalue weighted by molar-refractivity contribution is -0.136. The second kappa shape index (κ2) is 9.84. The second-order valence-electron chi connectivity index (χ2n) is 8.96. The van der Waals surface area contributed by atoms with Crippen LogP contribution in [-0.2, 0) is 11.3 Å². The van der Waals surface area contributed by atoms with Crippen molar-refractivity contribution in [2.75, 3.05) is 17.7 Å². The smallest absolute Gasteiger partial charge is 0.305 e. The fraction of sp³-hybridized carbons (Fsp3) is 0.636. The number of carboxylic acid groups (broad SMARTS) is 1. The number of aliphatic carboxylic acids is 1. The van der Waals surface area contributed by atoms with E-state index >= 15 is 0 Å². The van der Waals surface area contributed by atoms with E-state index in [2.05, 4.69) is 49.4 Å². The molecule has 0 spiro atoms. The van der Waals surface area contributed by atoms with E-state index in [4.69, 9.17) is 4.98 Å². The molecule has 2 aromatic heterocycles. The van der Waals surface area contributed by atoms with Crippen molar-refractivity contribution in [1.82, 2.24) is 4.98 Å². The molecule has 1 fully saturated rings. The summed E-state index contributed by atoms with van der Waals surface area (Å²) in [6.45, 7) is 8.28. The van der Waals surface area contributed by atoms with Gasteiger partial charge in [0, 0.05) is 22.7 Å². The minimum absolute atomic E-state index is 0.131. The van der Waals surface area contributed by atoms with Crippen LogP contribution in [0.15, 0.2) is 21.7 Å². The molecule has 2 aromatic rings. The molecule has 1 aliphatic rings. The highest BCUT2D eigenvalue weighted by Gasteiger charge is 2.31. The van der Waals surface area contributed by atoms with Gasteiger partial charge in [0.1, 0.15) is 0 Å². The Kier molecular flexibility index (Phi) is 7.68. The highest BCUT2D eigenvalue weighted by Crippen LogP contribution is 2.43. The molecule has 0 bridgehead atoms. The van der Waals surface area contributed by atoms with Crippen LogP contribution in [0.2, 0.25) is 0 Å². The quantitative estimate of drug-likeness (QED) is 0.450. The highest BCUT2D eigenvalue weighted by molar-refractivity contribution is 8.00. The lowest BCUT2D eigenvalue weighted by Crippen LogP contribution is -2.26. The molecule has 0 unspecified atom stereocenters. The number of nitrogens with zero attached hydrogens (tertiary/aromatic N) is 2. The van der Waals surface area contributed by atoms with Crippen molar-refractivity contribution in [1.29, 1.82) is 0 Å². The molecule has 2 heterocycles. The molecule has 0 aliphatic heterocycles. The lowest BCUT2D eigenvalue weighted by Gasteiger charge is -2.36. The maximum absolute atomic E-state index is 11.2. The number of aromatic nitrogens is 1. The first-order valence-corrected chi connectivity index (χ1v) is 13.2. The van der Waals surface area contributed by atoms with Crippen molar-refractivity contribution in [3.05, 3.63) is 28.1 Å². The number of rotatable bonds is 8. The Morgan fingerprint density at radius 3 is 2.59 bits per heavy atom. The maximum atomic E-state index is 11.2. The number of hydrogen-bond acceptors (Lipinski definition) is 6. The topological polar surface area (TPSA) is 53.4 Å². The van der Waals surface area contributed by atoms with Crippen molar-refractivity contribution in [2.24, 2.45) is 11.3 Å². The maximum Gasteiger partial charge on any atom is 0.305 e. The number of anilines is 1. The molecule has 0 radical (unpaired) electrons. The molecule has 29 heavy (non-hydrogen) atoms. The predicted octanol–water partition coefficient (Wildman–Crippen LogP) is 6.73. The molecular weight excluding hydrogens is 420 g/mol. The van der Waals surface area contributed by atoms with Gasteiger partial charge in [0.25, 0.3) is 0 Å². The average Bonchev–Trinajstić information content (AvgIpc) is 3.34. The monoisotopic (exact) mass is 452 g/mol. The van der Waals surface area contributed by atoms with Crippen LogP contribution in [-0.4, -0.2) is 28.9 Å². The predicted molar refractivity (Wildman–Crippen MR) is 126 cm³/mol. The van der Waals surface area contributed by atoms with Gasteiger partial charge in [0.05, 0.1) is 22.9 Å². The van der Waals surface area contributed by atoms with E-state index in [9.17, 15) is 9.90 Å². The second-order valence-corrected chi connectivity index (χ2v) is 12.1. The number of thiophene rings is 1. The lowest BCUT2D eigenvalue weighted by atomic mass is 9.69. The molecule has 1 aliphatic carbocycles. The molecule has 1 N–H and O–H groups in total. The third-order valence-corrected chi connectivity index (χ3v) is 9.00. The molecule has 0 aromatic carbocycles. The first-order chi connectivity index (χ1) is 13.8. The molecule has 3 rings (SSSR count). The normalized spacial score (nSPS) is 20.0. The largest absolute Gasteiger partial charge is 0.481 e. The summed E-state index contributed by atoms with van der Waals surface area (Å²) in [5.41, 5.74) is 1.59. The third kappa shape index (κ3) is 6.22. The number of thiazole rings is 1. The number of carbonyl (C=O) groups is 1. The minimum Gasteiger partial charge on any atom is -0.481 e. The molecule has 1 saturated carbocycles. The van der Waals surface area contributed by atoms with Crippen molar-refractivity contribution in [2.45, 2.75) is 69.5 Å². The summed E-state index contributed by atoms with van der Waals surface area (Å²) < 4.78 is 1.29. The Bertz CT molecular complexity index is 801. The Balaban J connectivity index is 1.69. The van der Waals surface area contributed by atoms with Crippen molar-refractivity contribution in [3.8, 4) is 0 Å². The van der Waals surface area contributed by atoms with Gasteiger partial charge in [-0.3, -0.25) is 4.79 Å². The zero-order valence-corrected chi connectivity index (χ0v) is 20.3. The van der Waals surface area contributed by atoms with E-state index in [0.29, 0.717) is 17.9 Å². The van der Waals surface area contributed by atoms with Gasteiger partial charge in [-0.1, -0.05) is 20.8 Å². The van der Waals surface area contributed by atoms with Gasteiger partial charge in [-0.25, -0.2) is 4.98 Å². The van der Waals surface area contributed by atoms with Crippen LogP contribution in [0.4, 0.5) is 5.13 Å². The SMILES string of the molecule is CSc1ccc(CN(CCC(=O)O)c2nc(C3CCC(C(C)(C)C)CC3)cs2)s1. The van der Waals surface area contributed by atoms with E-state index in [1.54, 1.807) is 34.4 Å². The summed E-state index contributed by atoms with van der Waals surface area (Å²) >= 11 is 5.19. The van der Waals surface area contributed by atoms with Crippen LogP contribution >= 0.6 is 34.4 Å². The summed E-state index contributed by atoms with van der Waals surface area (Å²) in [5, 5.41) is 12.3. The van der Waals surface area contributed by atoms with E-state index in [1.165, 1.54) is 40.5 Å².